The Morgan fingerprint density at radius 3 is 2.35 bits per heavy atom. The van der Waals surface area contributed by atoms with Gasteiger partial charge in [-0.2, -0.15) is 0 Å². The molecule has 0 radical (unpaired) electrons. The highest BCUT2D eigenvalue weighted by Gasteiger charge is 2.34. The highest BCUT2D eigenvalue weighted by Crippen LogP contribution is 2.27. The standard InChI is InChI=1S/C22H13BrN2O5S/c23-14-5-7-15(8-6-14)25-20(27)17(19(26)24-22(25)31)11-16-9-10-18(30-16)12-1-3-13(4-2-12)21(28)29/h1-11H,(H,28,29)(H,24,26,31). The molecule has 3 aromatic rings. The molecule has 7 nitrogen and oxygen atoms in total. The number of thiocarbonyl (C=S) groups is 1. The van der Waals surface area contributed by atoms with Crippen molar-refractivity contribution in [2.45, 2.75) is 0 Å². The van der Waals surface area contributed by atoms with Crippen LogP contribution in [-0.2, 0) is 9.59 Å². The Balaban J connectivity index is 1.63. The first kappa shape index (κ1) is 20.7. The van der Waals surface area contributed by atoms with Crippen LogP contribution in [0.3, 0.4) is 0 Å². The molecule has 1 fully saturated rings. The minimum absolute atomic E-state index is 0.00636. The molecule has 0 spiro atoms. The average molecular weight is 497 g/mol. The Hall–Kier alpha value is -3.56. The van der Waals surface area contributed by atoms with Crippen molar-refractivity contribution >= 4 is 62.8 Å². The summed E-state index contributed by atoms with van der Waals surface area (Å²) in [5.74, 6) is -1.45. The maximum Gasteiger partial charge on any atom is 0.335 e. The van der Waals surface area contributed by atoms with Gasteiger partial charge in [0.05, 0.1) is 11.3 Å². The topological polar surface area (TPSA) is 99.9 Å². The van der Waals surface area contributed by atoms with Crippen LogP contribution >= 0.6 is 28.1 Å². The van der Waals surface area contributed by atoms with Crippen molar-refractivity contribution in [2.24, 2.45) is 0 Å². The molecule has 2 N–H and O–H groups in total. The van der Waals surface area contributed by atoms with Crippen LogP contribution in [0.25, 0.3) is 17.4 Å². The van der Waals surface area contributed by atoms with E-state index in [0.717, 1.165) is 4.47 Å². The lowest BCUT2D eigenvalue weighted by atomic mass is 10.1. The third-order valence-electron chi connectivity index (χ3n) is 4.52. The quantitative estimate of drug-likeness (QED) is 0.318. The number of carboxylic acid groups (broad SMARTS) is 1. The van der Waals surface area contributed by atoms with Gasteiger partial charge in [0.25, 0.3) is 11.8 Å². The molecule has 0 bridgehead atoms. The highest BCUT2D eigenvalue weighted by molar-refractivity contribution is 9.10. The normalized spacial score (nSPS) is 15.3. The summed E-state index contributed by atoms with van der Waals surface area (Å²) in [6.45, 7) is 0. The summed E-state index contributed by atoms with van der Waals surface area (Å²) >= 11 is 8.52. The van der Waals surface area contributed by atoms with Gasteiger partial charge in [-0.1, -0.05) is 28.1 Å². The number of benzene rings is 2. The van der Waals surface area contributed by atoms with Gasteiger partial charge in [-0.3, -0.25) is 19.8 Å². The summed E-state index contributed by atoms with van der Waals surface area (Å²) in [7, 11) is 0. The summed E-state index contributed by atoms with van der Waals surface area (Å²) in [5, 5.41) is 11.5. The molecule has 1 aliphatic heterocycles. The third kappa shape index (κ3) is 4.18. The van der Waals surface area contributed by atoms with Crippen LogP contribution in [0, 0.1) is 0 Å². The van der Waals surface area contributed by atoms with E-state index in [0.29, 0.717) is 22.8 Å². The molecule has 0 aliphatic carbocycles. The molecule has 0 saturated carbocycles. The molecule has 4 rings (SSSR count). The molecule has 1 aliphatic rings. The van der Waals surface area contributed by atoms with E-state index in [4.69, 9.17) is 21.7 Å². The van der Waals surface area contributed by atoms with Crippen molar-refractivity contribution in [3.8, 4) is 11.3 Å². The number of hydrogen-bond donors (Lipinski definition) is 2. The smallest absolute Gasteiger partial charge is 0.335 e. The fraction of sp³-hybridized carbons (Fsp3) is 0. The second-order valence-electron chi connectivity index (χ2n) is 6.52. The van der Waals surface area contributed by atoms with Crippen molar-refractivity contribution in [3.63, 3.8) is 0 Å². The number of hydrogen-bond acceptors (Lipinski definition) is 5. The highest BCUT2D eigenvalue weighted by atomic mass is 79.9. The number of carbonyl (C=O) groups excluding carboxylic acids is 2. The zero-order valence-corrected chi connectivity index (χ0v) is 18.1. The number of halogens is 1. The van der Waals surface area contributed by atoms with Gasteiger partial charge in [0.15, 0.2) is 5.11 Å². The van der Waals surface area contributed by atoms with Crippen molar-refractivity contribution in [2.75, 3.05) is 4.90 Å². The number of carboxylic acids is 1. The molecule has 2 amide bonds. The van der Waals surface area contributed by atoms with Crippen molar-refractivity contribution < 1.29 is 23.9 Å². The van der Waals surface area contributed by atoms with Crippen LogP contribution < -0.4 is 10.2 Å². The molecular formula is C22H13BrN2O5S. The van der Waals surface area contributed by atoms with Crippen LogP contribution in [0.4, 0.5) is 5.69 Å². The summed E-state index contributed by atoms with van der Waals surface area (Å²) in [6.07, 6.45) is 1.35. The summed E-state index contributed by atoms with van der Waals surface area (Å²) in [5.41, 5.74) is 1.21. The van der Waals surface area contributed by atoms with Crippen molar-refractivity contribution in [1.29, 1.82) is 0 Å². The lowest BCUT2D eigenvalue weighted by molar-refractivity contribution is -0.122. The van der Waals surface area contributed by atoms with E-state index >= 15 is 0 Å². The van der Waals surface area contributed by atoms with Gasteiger partial charge >= 0.3 is 5.97 Å². The number of aromatic carboxylic acids is 1. The zero-order chi connectivity index (χ0) is 22.1. The Bertz CT molecular complexity index is 1250. The molecule has 31 heavy (non-hydrogen) atoms. The summed E-state index contributed by atoms with van der Waals surface area (Å²) in [4.78, 5) is 37.7. The molecule has 2 aromatic carbocycles. The van der Waals surface area contributed by atoms with E-state index in [9.17, 15) is 14.4 Å². The number of furan rings is 1. The Morgan fingerprint density at radius 1 is 1.03 bits per heavy atom. The van der Waals surface area contributed by atoms with E-state index in [1.807, 2.05) is 0 Å². The van der Waals surface area contributed by atoms with Gasteiger partial charge in [0.2, 0.25) is 0 Å². The van der Waals surface area contributed by atoms with Crippen LogP contribution in [0.1, 0.15) is 16.1 Å². The maximum absolute atomic E-state index is 13.0. The number of anilines is 1. The Labute approximate surface area is 190 Å². The van der Waals surface area contributed by atoms with Gasteiger partial charge < -0.3 is 9.52 Å². The molecule has 9 heteroatoms. The Morgan fingerprint density at radius 2 is 1.71 bits per heavy atom. The van der Waals surface area contributed by atoms with Gasteiger partial charge in [-0.15, -0.1) is 0 Å². The number of nitrogens with zero attached hydrogens (tertiary/aromatic N) is 1. The number of carbonyl (C=O) groups is 3. The largest absolute Gasteiger partial charge is 0.478 e. The monoisotopic (exact) mass is 496 g/mol. The molecule has 0 unspecified atom stereocenters. The third-order valence-corrected chi connectivity index (χ3v) is 5.33. The molecule has 1 saturated heterocycles. The molecule has 154 valence electrons. The zero-order valence-electron chi connectivity index (χ0n) is 15.7. The minimum atomic E-state index is -1.02. The molecule has 0 atom stereocenters. The minimum Gasteiger partial charge on any atom is -0.478 e. The van der Waals surface area contributed by atoms with E-state index in [-0.39, 0.29) is 16.2 Å². The fourth-order valence-electron chi connectivity index (χ4n) is 2.99. The molecule has 2 heterocycles. The lowest BCUT2D eigenvalue weighted by Gasteiger charge is -2.28. The maximum atomic E-state index is 13.0. The number of rotatable bonds is 4. The van der Waals surface area contributed by atoms with Gasteiger partial charge in [0, 0.05) is 10.0 Å². The van der Waals surface area contributed by atoms with E-state index in [2.05, 4.69) is 21.2 Å². The van der Waals surface area contributed by atoms with E-state index in [1.54, 1.807) is 48.5 Å². The van der Waals surface area contributed by atoms with Crippen LogP contribution in [-0.4, -0.2) is 28.0 Å². The predicted octanol–water partition coefficient (Wildman–Crippen LogP) is 4.24. The molecular weight excluding hydrogens is 484 g/mol. The van der Waals surface area contributed by atoms with E-state index in [1.165, 1.54) is 23.1 Å². The van der Waals surface area contributed by atoms with Crippen LogP contribution in [0.15, 0.2) is 75.1 Å². The number of nitrogens with one attached hydrogen (secondary N) is 1. The van der Waals surface area contributed by atoms with Gasteiger partial charge in [-0.25, -0.2) is 4.79 Å². The van der Waals surface area contributed by atoms with Crippen molar-refractivity contribution in [1.82, 2.24) is 5.32 Å². The first-order valence-corrected chi connectivity index (χ1v) is 10.1. The SMILES string of the molecule is O=C1NC(=S)N(c2ccc(Br)cc2)C(=O)C1=Cc1ccc(-c2ccc(C(=O)O)cc2)o1. The fourth-order valence-corrected chi connectivity index (χ4v) is 3.53. The second kappa shape index (κ2) is 8.29. The lowest BCUT2D eigenvalue weighted by Crippen LogP contribution is -2.54. The van der Waals surface area contributed by atoms with Crippen molar-refractivity contribution in [3.05, 3.63) is 82.0 Å². The second-order valence-corrected chi connectivity index (χ2v) is 7.82. The summed E-state index contributed by atoms with van der Waals surface area (Å²) < 4.78 is 6.58. The number of amides is 2. The first-order valence-electron chi connectivity index (χ1n) is 8.94. The first-order chi connectivity index (χ1) is 14.8. The summed E-state index contributed by atoms with van der Waals surface area (Å²) in [6, 6.07) is 16.4. The van der Waals surface area contributed by atoms with E-state index < -0.39 is 17.8 Å². The average Bonchev–Trinajstić information content (AvgIpc) is 3.21. The van der Waals surface area contributed by atoms with Gasteiger partial charge in [0.1, 0.15) is 17.1 Å². The van der Waals surface area contributed by atoms with Gasteiger partial charge in [-0.05, 0) is 66.8 Å². The Kier molecular flexibility index (Phi) is 5.53. The van der Waals surface area contributed by atoms with Crippen LogP contribution in [0.2, 0.25) is 0 Å². The predicted molar refractivity (Wildman–Crippen MR) is 121 cm³/mol. The molecule has 1 aromatic heterocycles. The van der Waals surface area contributed by atoms with Crippen LogP contribution in [0.5, 0.6) is 0 Å².